The Balaban J connectivity index is 0.00000112. The smallest absolute Gasteiger partial charge is 0.310 e. The molecule has 0 bridgehead atoms. The molecule has 0 aromatic rings. The van der Waals surface area contributed by atoms with Gasteiger partial charge in [0.1, 0.15) is 0 Å². The number of likely N-dealkylation sites (tertiary alicyclic amines) is 1. The first-order chi connectivity index (χ1) is 6.72. The molecule has 0 spiro atoms. The van der Waals surface area contributed by atoms with Crippen LogP contribution in [-0.2, 0) is 14.3 Å². The van der Waals surface area contributed by atoms with Crippen molar-refractivity contribution >= 4 is 24.3 Å². The molecule has 2 fully saturated rings. The minimum absolute atomic E-state index is 0. The predicted molar refractivity (Wildman–Crippen MR) is 55.7 cm³/mol. The molecule has 0 aromatic carbocycles. The zero-order valence-corrected chi connectivity index (χ0v) is 9.38. The van der Waals surface area contributed by atoms with Crippen LogP contribution in [0.15, 0.2) is 0 Å². The molecule has 2 heterocycles. The molecule has 15 heavy (non-hydrogen) atoms. The molecule has 6 heteroatoms. The van der Waals surface area contributed by atoms with Crippen LogP contribution in [0.5, 0.6) is 0 Å². The Hall–Kier alpha value is -0.810. The zero-order valence-electron chi connectivity index (χ0n) is 8.56. The number of nitrogens with one attached hydrogen (secondary N) is 1. The van der Waals surface area contributed by atoms with Gasteiger partial charge in [-0.15, -0.1) is 12.4 Å². The van der Waals surface area contributed by atoms with Crippen molar-refractivity contribution < 1.29 is 14.3 Å². The fourth-order valence-corrected chi connectivity index (χ4v) is 1.90. The van der Waals surface area contributed by atoms with Crippen LogP contribution >= 0.6 is 12.4 Å². The summed E-state index contributed by atoms with van der Waals surface area (Å²) >= 11 is 0. The van der Waals surface area contributed by atoms with Crippen LogP contribution in [0.1, 0.15) is 6.42 Å². The summed E-state index contributed by atoms with van der Waals surface area (Å²) in [6, 6.07) is 0.289. The Morgan fingerprint density at radius 1 is 1.53 bits per heavy atom. The topological polar surface area (TPSA) is 58.6 Å². The van der Waals surface area contributed by atoms with Gasteiger partial charge in [0, 0.05) is 26.1 Å². The van der Waals surface area contributed by atoms with E-state index < -0.39 is 0 Å². The number of methoxy groups -OCH3 is 1. The summed E-state index contributed by atoms with van der Waals surface area (Å²) in [6.07, 6.45) is 0.309. The molecule has 0 aromatic heterocycles. The molecule has 2 aliphatic heterocycles. The largest absolute Gasteiger partial charge is 0.469 e. The Kier molecular flexibility index (Phi) is 3.93. The van der Waals surface area contributed by atoms with Crippen molar-refractivity contribution in [2.45, 2.75) is 12.5 Å². The van der Waals surface area contributed by atoms with Gasteiger partial charge >= 0.3 is 5.97 Å². The lowest BCUT2D eigenvalue weighted by Crippen LogP contribution is -2.57. The molecule has 2 aliphatic rings. The zero-order chi connectivity index (χ0) is 10.1. The second-order valence-electron chi connectivity index (χ2n) is 3.78. The standard InChI is InChI=1S/C9H14N2O3.ClH/c1-14-9(13)6-2-8(12)11(5-6)7-3-10-4-7;/h6-7,10H,2-5H2,1H3;1H. The second-order valence-corrected chi connectivity index (χ2v) is 3.78. The fourth-order valence-electron chi connectivity index (χ4n) is 1.90. The van der Waals surface area contributed by atoms with Gasteiger partial charge in [0.05, 0.1) is 19.1 Å². The molecule has 1 amide bonds. The molecule has 0 aliphatic carbocycles. The van der Waals surface area contributed by atoms with Crippen LogP contribution in [0.25, 0.3) is 0 Å². The Bertz CT molecular complexity index is 268. The predicted octanol–water partition coefficient (Wildman–Crippen LogP) is -0.599. The van der Waals surface area contributed by atoms with Crippen LogP contribution in [0.3, 0.4) is 0 Å². The van der Waals surface area contributed by atoms with Gasteiger partial charge in [-0.05, 0) is 0 Å². The first-order valence-corrected chi connectivity index (χ1v) is 4.80. The summed E-state index contributed by atoms with van der Waals surface area (Å²) in [4.78, 5) is 24.5. The maximum absolute atomic E-state index is 11.5. The van der Waals surface area contributed by atoms with E-state index in [-0.39, 0.29) is 36.2 Å². The van der Waals surface area contributed by atoms with Crippen LogP contribution in [0, 0.1) is 5.92 Å². The van der Waals surface area contributed by atoms with E-state index in [9.17, 15) is 9.59 Å². The average Bonchev–Trinajstić information content (AvgIpc) is 2.44. The molecule has 1 atom stereocenters. The Labute approximate surface area is 94.5 Å². The molecule has 0 radical (unpaired) electrons. The number of rotatable bonds is 2. The minimum Gasteiger partial charge on any atom is -0.469 e. The lowest BCUT2D eigenvalue weighted by Gasteiger charge is -2.35. The number of carbonyl (C=O) groups is 2. The lowest BCUT2D eigenvalue weighted by atomic mass is 10.1. The van der Waals surface area contributed by atoms with Gasteiger partial charge in [0.25, 0.3) is 0 Å². The van der Waals surface area contributed by atoms with Crippen molar-refractivity contribution in [1.29, 1.82) is 0 Å². The highest BCUT2D eigenvalue weighted by Crippen LogP contribution is 2.22. The quantitative estimate of drug-likeness (QED) is 0.649. The summed E-state index contributed by atoms with van der Waals surface area (Å²) < 4.78 is 4.63. The number of nitrogens with zero attached hydrogens (tertiary/aromatic N) is 1. The third-order valence-electron chi connectivity index (χ3n) is 2.89. The van der Waals surface area contributed by atoms with Crippen molar-refractivity contribution in [3.8, 4) is 0 Å². The molecular weight excluding hydrogens is 220 g/mol. The van der Waals surface area contributed by atoms with E-state index in [0.29, 0.717) is 13.0 Å². The van der Waals surface area contributed by atoms with Crippen LogP contribution in [-0.4, -0.2) is 49.6 Å². The number of amides is 1. The SMILES string of the molecule is COC(=O)C1CC(=O)N(C2CNC2)C1.Cl. The molecule has 1 N–H and O–H groups in total. The highest BCUT2D eigenvalue weighted by atomic mass is 35.5. The van der Waals surface area contributed by atoms with Gasteiger partial charge in [0.15, 0.2) is 0 Å². The summed E-state index contributed by atoms with van der Waals surface area (Å²) in [7, 11) is 1.36. The van der Waals surface area contributed by atoms with E-state index in [1.54, 1.807) is 4.90 Å². The van der Waals surface area contributed by atoms with Gasteiger partial charge < -0.3 is 15.0 Å². The van der Waals surface area contributed by atoms with Gasteiger partial charge in [0.2, 0.25) is 5.91 Å². The molecule has 2 rings (SSSR count). The van der Waals surface area contributed by atoms with E-state index in [1.165, 1.54) is 7.11 Å². The van der Waals surface area contributed by atoms with Crippen molar-refractivity contribution in [1.82, 2.24) is 10.2 Å². The van der Waals surface area contributed by atoms with Crippen molar-refractivity contribution in [3.63, 3.8) is 0 Å². The fraction of sp³-hybridized carbons (Fsp3) is 0.778. The average molecular weight is 235 g/mol. The number of hydrogen-bond donors (Lipinski definition) is 1. The molecular formula is C9H15ClN2O3. The highest BCUT2D eigenvalue weighted by Gasteiger charge is 2.39. The minimum atomic E-state index is -0.270. The molecule has 86 valence electrons. The number of esters is 1. The van der Waals surface area contributed by atoms with Crippen molar-refractivity contribution in [2.75, 3.05) is 26.7 Å². The summed E-state index contributed by atoms with van der Waals surface area (Å²) in [6.45, 7) is 2.22. The van der Waals surface area contributed by atoms with Crippen molar-refractivity contribution in [3.05, 3.63) is 0 Å². The summed E-state index contributed by atoms with van der Waals surface area (Å²) in [5, 5.41) is 3.11. The monoisotopic (exact) mass is 234 g/mol. The number of halogens is 1. The van der Waals surface area contributed by atoms with E-state index in [4.69, 9.17) is 0 Å². The molecule has 1 unspecified atom stereocenters. The van der Waals surface area contributed by atoms with E-state index in [0.717, 1.165) is 13.1 Å². The van der Waals surface area contributed by atoms with Gasteiger partial charge in [-0.3, -0.25) is 9.59 Å². The van der Waals surface area contributed by atoms with E-state index >= 15 is 0 Å². The first-order valence-electron chi connectivity index (χ1n) is 4.80. The number of hydrogen-bond acceptors (Lipinski definition) is 4. The number of carbonyl (C=O) groups excluding carboxylic acids is 2. The van der Waals surface area contributed by atoms with E-state index in [2.05, 4.69) is 10.1 Å². The van der Waals surface area contributed by atoms with Gasteiger partial charge in [-0.2, -0.15) is 0 Å². The molecule has 5 nitrogen and oxygen atoms in total. The maximum Gasteiger partial charge on any atom is 0.310 e. The van der Waals surface area contributed by atoms with Gasteiger partial charge in [-0.1, -0.05) is 0 Å². The van der Waals surface area contributed by atoms with Crippen LogP contribution in [0.4, 0.5) is 0 Å². The van der Waals surface area contributed by atoms with Gasteiger partial charge in [-0.25, -0.2) is 0 Å². The summed E-state index contributed by atoms with van der Waals surface area (Å²) in [5.74, 6) is -0.451. The second kappa shape index (κ2) is 4.81. The summed E-state index contributed by atoms with van der Waals surface area (Å²) in [5.41, 5.74) is 0. The van der Waals surface area contributed by atoms with Crippen LogP contribution in [0.2, 0.25) is 0 Å². The van der Waals surface area contributed by atoms with Crippen LogP contribution < -0.4 is 5.32 Å². The number of ether oxygens (including phenoxy) is 1. The third kappa shape index (κ3) is 2.23. The van der Waals surface area contributed by atoms with Crippen molar-refractivity contribution in [2.24, 2.45) is 5.92 Å². The lowest BCUT2D eigenvalue weighted by molar-refractivity contribution is -0.145. The Morgan fingerprint density at radius 2 is 2.20 bits per heavy atom. The molecule has 2 saturated heterocycles. The van der Waals surface area contributed by atoms with E-state index in [1.807, 2.05) is 0 Å². The molecule has 0 saturated carbocycles. The normalized spacial score (nSPS) is 25.8. The highest BCUT2D eigenvalue weighted by molar-refractivity contribution is 5.87. The first kappa shape index (κ1) is 12.3. The maximum atomic E-state index is 11.5. The third-order valence-corrected chi connectivity index (χ3v) is 2.89. The Morgan fingerprint density at radius 3 is 2.67 bits per heavy atom.